The van der Waals surface area contributed by atoms with Gasteiger partial charge in [0.15, 0.2) is 0 Å². The van der Waals surface area contributed by atoms with E-state index in [0.717, 1.165) is 17.4 Å². The van der Waals surface area contributed by atoms with E-state index in [2.05, 4.69) is 18.2 Å². The van der Waals surface area contributed by atoms with Gasteiger partial charge in [-0.3, -0.25) is 0 Å². The number of rotatable bonds is 2. The number of fused-ring (bicyclic) bond motifs is 6. The van der Waals surface area contributed by atoms with Gasteiger partial charge in [-0.15, -0.1) is 0 Å². The smallest absolute Gasteiger partial charge is 0.337 e. The molecule has 1 aromatic heterocycles. The molecule has 118 valence electrons. The zero-order valence-corrected chi connectivity index (χ0v) is 13.3. The van der Waals surface area contributed by atoms with Gasteiger partial charge in [0.25, 0.3) is 0 Å². The van der Waals surface area contributed by atoms with E-state index in [1.165, 1.54) is 29.4 Å². The number of esters is 1. The fourth-order valence-corrected chi connectivity index (χ4v) is 4.23. The number of allylic oxidation sites excluding steroid dienone is 2. The Morgan fingerprint density at radius 1 is 1.17 bits per heavy atom. The molecule has 2 bridgehead atoms. The molecule has 3 nitrogen and oxygen atoms in total. The first-order valence-corrected chi connectivity index (χ1v) is 8.16. The fourth-order valence-electron chi connectivity index (χ4n) is 4.23. The van der Waals surface area contributed by atoms with E-state index in [0.29, 0.717) is 17.4 Å². The Bertz CT molecular complexity index is 1010. The van der Waals surface area contributed by atoms with E-state index in [4.69, 9.17) is 9.15 Å². The molecule has 2 aliphatic carbocycles. The first kappa shape index (κ1) is 13.6. The summed E-state index contributed by atoms with van der Waals surface area (Å²) in [6, 6.07) is 14.1. The maximum atomic E-state index is 11.9. The van der Waals surface area contributed by atoms with Crippen LogP contribution in [0.5, 0.6) is 0 Å². The molecule has 3 heteroatoms. The molecular weight excluding hydrogens is 300 g/mol. The highest BCUT2D eigenvalue weighted by Gasteiger charge is 2.39. The van der Waals surface area contributed by atoms with Crippen LogP contribution in [0.25, 0.3) is 16.5 Å². The highest BCUT2D eigenvalue weighted by molar-refractivity contribution is 5.95. The topological polar surface area (TPSA) is 39.4 Å². The van der Waals surface area contributed by atoms with Crippen molar-refractivity contribution in [2.75, 3.05) is 7.11 Å². The first-order valence-electron chi connectivity index (χ1n) is 8.16. The molecule has 0 N–H and O–H groups in total. The molecular formula is C21H16O3. The van der Waals surface area contributed by atoms with Crippen molar-refractivity contribution in [1.29, 1.82) is 0 Å². The van der Waals surface area contributed by atoms with Gasteiger partial charge >= 0.3 is 5.97 Å². The van der Waals surface area contributed by atoms with E-state index in [9.17, 15) is 4.79 Å². The summed E-state index contributed by atoms with van der Waals surface area (Å²) in [6.07, 6.45) is 5.30. The summed E-state index contributed by atoms with van der Waals surface area (Å²) in [4.78, 5) is 11.9. The molecule has 5 rings (SSSR count). The Balaban J connectivity index is 1.61. The molecule has 3 aromatic rings. The summed E-state index contributed by atoms with van der Waals surface area (Å²) in [5, 5.41) is 1.15. The lowest BCUT2D eigenvalue weighted by molar-refractivity contribution is 0.0600. The number of para-hydroxylation sites is 1. The van der Waals surface area contributed by atoms with Crippen LogP contribution < -0.4 is 0 Å². The molecule has 0 spiro atoms. The van der Waals surface area contributed by atoms with Gasteiger partial charge in [0, 0.05) is 22.8 Å². The molecule has 1 heterocycles. The van der Waals surface area contributed by atoms with Crippen molar-refractivity contribution >= 4 is 22.5 Å². The summed E-state index contributed by atoms with van der Waals surface area (Å²) >= 11 is 0. The lowest BCUT2D eigenvalue weighted by atomic mass is 9.86. The van der Waals surface area contributed by atoms with Crippen molar-refractivity contribution < 1.29 is 13.9 Å². The van der Waals surface area contributed by atoms with E-state index in [-0.39, 0.29) is 5.97 Å². The molecule has 2 aliphatic rings. The predicted molar refractivity (Wildman–Crippen MR) is 92.1 cm³/mol. The van der Waals surface area contributed by atoms with E-state index < -0.39 is 0 Å². The molecule has 0 saturated carbocycles. The van der Waals surface area contributed by atoms with Crippen LogP contribution in [0.3, 0.4) is 0 Å². The van der Waals surface area contributed by atoms with Crippen LogP contribution in [0.1, 0.15) is 45.3 Å². The second-order valence-electron chi connectivity index (χ2n) is 6.50. The van der Waals surface area contributed by atoms with Gasteiger partial charge in [0.2, 0.25) is 0 Å². The summed E-state index contributed by atoms with van der Waals surface area (Å²) in [5.41, 5.74) is 6.63. The van der Waals surface area contributed by atoms with Crippen LogP contribution in [0.4, 0.5) is 0 Å². The van der Waals surface area contributed by atoms with Crippen molar-refractivity contribution in [2.24, 2.45) is 0 Å². The number of furan rings is 1. The monoisotopic (exact) mass is 316 g/mol. The van der Waals surface area contributed by atoms with Gasteiger partial charge in [0.05, 0.1) is 18.9 Å². The molecule has 0 radical (unpaired) electrons. The summed E-state index contributed by atoms with van der Waals surface area (Å²) in [5.74, 6) is 0.482. The number of methoxy groups -OCH3 is 1. The highest BCUT2D eigenvalue weighted by atomic mass is 16.5. The summed E-state index contributed by atoms with van der Waals surface area (Å²) < 4.78 is 10.6. The minimum atomic E-state index is -0.278. The first-order chi connectivity index (χ1) is 11.8. The number of hydrogen-bond acceptors (Lipinski definition) is 3. The van der Waals surface area contributed by atoms with Crippen molar-refractivity contribution in [3.63, 3.8) is 0 Å². The highest BCUT2D eigenvalue weighted by Crippen LogP contribution is 2.56. The Morgan fingerprint density at radius 3 is 2.92 bits per heavy atom. The van der Waals surface area contributed by atoms with Crippen molar-refractivity contribution in [3.05, 3.63) is 77.1 Å². The van der Waals surface area contributed by atoms with Crippen LogP contribution in [-0.2, 0) is 4.74 Å². The third-order valence-electron chi connectivity index (χ3n) is 5.32. The van der Waals surface area contributed by atoms with Crippen LogP contribution in [0.15, 0.2) is 59.2 Å². The van der Waals surface area contributed by atoms with Crippen LogP contribution in [0, 0.1) is 0 Å². The molecule has 0 saturated heterocycles. The van der Waals surface area contributed by atoms with E-state index in [1.54, 1.807) is 0 Å². The fraction of sp³-hybridized carbons (Fsp3) is 0.190. The quantitative estimate of drug-likeness (QED) is 0.632. The van der Waals surface area contributed by atoms with Crippen molar-refractivity contribution in [2.45, 2.75) is 18.3 Å². The zero-order valence-electron chi connectivity index (χ0n) is 13.3. The van der Waals surface area contributed by atoms with Crippen molar-refractivity contribution in [1.82, 2.24) is 0 Å². The average molecular weight is 316 g/mol. The minimum absolute atomic E-state index is 0.278. The van der Waals surface area contributed by atoms with Gasteiger partial charge in [-0.2, -0.15) is 0 Å². The molecule has 24 heavy (non-hydrogen) atoms. The number of carbonyl (C=O) groups is 1. The molecule has 0 amide bonds. The Kier molecular flexibility index (Phi) is 2.75. The zero-order chi connectivity index (χ0) is 16.3. The molecule has 0 aliphatic heterocycles. The maximum absolute atomic E-state index is 11.9. The number of hydrogen-bond donors (Lipinski definition) is 0. The summed E-state index contributed by atoms with van der Waals surface area (Å²) in [7, 11) is 1.42. The number of benzene rings is 2. The second-order valence-corrected chi connectivity index (χ2v) is 6.50. The van der Waals surface area contributed by atoms with Gasteiger partial charge < -0.3 is 9.15 Å². The van der Waals surface area contributed by atoms with Gasteiger partial charge in [-0.05, 0) is 41.3 Å². The minimum Gasteiger partial charge on any atom is -0.465 e. The molecule has 0 fully saturated rings. The van der Waals surface area contributed by atoms with Crippen LogP contribution in [0.2, 0.25) is 0 Å². The lowest BCUT2D eigenvalue weighted by Gasteiger charge is -2.17. The standard InChI is InChI=1S/C21H16O3/c1-23-21(22)12-6-7-14-13-9-17(16(14)8-12)18(10-13)19-11-24-20-5-3-2-4-15(19)20/h2-8,10-11,13,17H,9H2,1H3. The van der Waals surface area contributed by atoms with E-state index in [1.807, 2.05) is 36.6 Å². The average Bonchev–Trinajstić information content (AvgIpc) is 3.33. The lowest BCUT2D eigenvalue weighted by Crippen LogP contribution is -2.05. The van der Waals surface area contributed by atoms with Gasteiger partial charge in [-0.1, -0.05) is 30.3 Å². The third kappa shape index (κ3) is 1.75. The Hall–Kier alpha value is -2.81. The summed E-state index contributed by atoms with van der Waals surface area (Å²) in [6.45, 7) is 0. The third-order valence-corrected chi connectivity index (χ3v) is 5.32. The normalized spacial score (nSPS) is 21.0. The SMILES string of the molecule is COC(=O)c1ccc2c(c1)C1CC2C=C1c1coc2ccccc12. The van der Waals surface area contributed by atoms with Crippen LogP contribution in [-0.4, -0.2) is 13.1 Å². The van der Waals surface area contributed by atoms with E-state index >= 15 is 0 Å². The van der Waals surface area contributed by atoms with Gasteiger partial charge in [0.1, 0.15) is 5.58 Å². The van der Waals surface area contributed by atoms with Crippen molar-refractivity contribution in [3.8, 4) is 0 Å². The molecule has 2 atom stereocenters. The van der Waals surface area contributed by atoms with Crippen LogP contribution >= 0.6 is 0 Å². The largest absolute Gasteiger partial charge is 0.465 e. The number of carbonyl (C=O) groups excluding carboxylic acids is 1. The number of ether oxygens (including phenoxy) is 1. The molecule has 2 aromatic carbocycles. The Morgan fingerprint density at radius 2 is 2.04 bits per heavy atom. The Labute approximate surface area is 139 Å². The second kappa shape index (κ2) is 4.84. The predicted octanol–water partition coefficient (Wildman–Crippen LogP) is 4.89. The maximum Gasteiger partial charge on any atom is 0.337 e. The van der Waals surface area contributed by atoms with Gasteiger partial charge in [-0.25, -0.2) is 4.79 Å². The molecule has 2 unspecified atom stereocenters.